The summed E-state index contributed by atoms with van der Waals surface area (Å²) < 4.78 is 19.1. The molecule has 3 amide bonds. The van der Waals surface area contributed by atoms with Crippen molar-refractivity contribution < 1.29 is 28.3 Å². The first-order valence-electron chi connectivity index (χ1n) is 17.4. The molecule has 53 heavy (non-hydrogen) atoms. The minimum atomic E-state index is -0.710. The Labute approximate surface area is 315 Å². The number of carbonyl (C=O) groups excluding carboxylic acids is 4. The second-order valence-corrected chi connectivity index (χ2v) is 14.6. The Kier molecular flexibility index (Phi) is 12.5. The smallest absolute Gasteiger partial charge is 0.341 e. The van der Waals surface area contributed by atoms with Crippen LogP contribution in [0.1, 0.15) is 73.7 Å². The van der Waals surface area contributed by atoms with Crippen LogP contribution < -0.4 is 16.0 Å². The average molecular weight is 748 g/mol. The molecule has 6 rings (SSSR count). The first-order chi connectivity index (χ1) is 25.8. The van der Waals surface area contributed by atoms with Gasteiger partial charge >= 0.3 is 5.97 Å². The molecule has 270 valence electrons. The highest BCUT2D eigenvalue weighted by Crippen LogP contribution is 2.41. The van der Waals surface area contributed by atoms with Gasteiger partial charge in [0, 0.05) is 21.0 Å². The van der Waals surface area contributed by atoms with E-state index in [1.807, 2.05) is 36.4 Å². The number of thioether (sulfide) groups is 1. The normalized spacial score (nSPS) is 13.2. The molecule has 1 atom stereocenters. The second-order valence-electron chi connectivity index (χ2n) is 12.3. The third kappa shape index (κ3) is 9.68. The van der Waals surface area contributed by atoms with E-state index in [2.05, 4.69) is 16.0 Å². The van der Waals surface area contributed by atoms with Crippen LogP contribution >= 0.6 is 23.1 Å². The van der Waals surface area contributed by atoms with E-state index in [1.165, 1.54) is 53.4 Å². The van der Waals surface area contributed by atoms with Crippen LogP contribution in [0.5, 0.6) is 0 Å². The summed E-state index contributed by atoms with van der Waals surface area (Å²) in [6, 6.07) is 30.5. The van der Waals surface area contributed by atoms with Gasteiger partial charge < -0.3 is 20.7 Å². The quantitative estimate of drug-likeness (QED) is 0.0508. The Bertz CT molecular complexity index is 2120. The third-order valence-corrected chi connectivity index (χ3v) is 11.0. The van der Waals surface area contributed by atoms with Crippen LogP contribution in [0.3, 0.4) is 0 Å². The van der Waals surface area contributed by atoms with Crippen LogP contribution in [0.15, 0.2) is 120 Å². The molecule has 0 fully saturated rings. The number of ether oxygens (including phenoxy) is 1. The van der Waals surface area contributed by atoms with Gasteiger partial charge in [0.15, 0.2) is 0 Å². The number of rotatable bonds is 12. The van der Waals surface area contributed by atoms with Gasteiger partial charge in [-0.1, -0.05) is 73.2 Å². The standard InChI is InChI=1S/C42H38FN3O5S2/c1-2-51-42(50)36-33-19-10-5-11-20-35(33)53-41(36)46-40(49)37(28-13-6-3-7-14-28)52-32-18-12-17-31(26-32)44-39(48)34(25-27-21-23-30(43)24-22-27)45-38(47)29-15-8-4-9-16-29/h3-4,6-9,12-18,21-26,37H,2,5,10-11,19-20H2,1H3,(H,44,48)(H,45,47)(H,46,49)/b34-25+. The van der Waals surface area contributed by atoms with Gasteiger partial charge in [0.1, 0.15) is 21.8 Å². The molecular formula is C42H38FN3O5S2. The summed E-state index contributed by atoms with van der Waals surface area (Å²) >= 11 is 2.75. The Morgan fingerprint density at radius 3 is 2.30 bits per heavy atom. The molecule has 1 heterocycles. The van der Waals surface area contributed by atoms with Crippen LogP contribution in [-0.4, -0.2) is 30.3 Å². The molecule has 11 heteroatoms. The average Bonchev–Trinajstić information content (AvgIpc) is 3.34. The summed E-state index contributed by atoms with van der Waals surface area (Å²) in [5.41, 5.74) is 3.44. The number of aryl methyl sites for hydroxylation is 1. The predicted octanol–water partition coefficient (Wildman–Crippen LogP) is 9.21. The molecular weight excluding hydrogens is 710 g/mol. The number of hydrogen-bond donors (Lipinski definition) is 3. The first-order valence-corrected chi connectivity index (χ1v) is 19.1. The largest absolute Gasteiger partial charge is 0.462 e. The molecule has 1 aliphatic carbocycles. The first kappa shape index (κ1) is 37.2. The van der Waals surface area contributed by atoms with E-state index in [-0.39, 0.29) is 18.2 Å². The zero-order valence-electron chi connectivity index (χ0n) is 29.0. The van der Waals surface area contributed by atoms with Gasteiger partial charge in [-0.2, -0.15) is 0 Å². The van der Waals surface area contributed by atoms with Crippen molar-refractivity contribution >= 4 is 63.6 Å². The van der Waals surface area contributed by atoms with E-state index in [0.717, 1.165) is 48.1 Å². The molecule has 3 N–H and O–H groups in total. The second kappa shape index (κ2) is 17.8. The lowest BCUT2D eigenvalue weighted by Gasteiger charge is -2.18. The van der Waals surface area contributed by atoms with Crippen molar-refractivity contribution in [2.75, 3.05) is 17.2 Å². The molecule has 0 bridgehead atoms. The monoisotopic (exact) mass is 747 g/mol. The van der Waals surface area contributed by atoms with E-state index < -0.39 is 28.9 Å². The van der Waals surface area contributed by atoms with E-state index in [0.29, 0.717) is 32.3 Å². The van der Waals surface area contributed by atoms with Gasteiger partial charge in [-0.05, 0) is 97.8 Å². The lowest BCUT2D eigenvalue weighted by Crippen LogP contribution is -2.30. The van der Waals surface area contributed by atoms with Gasteiger partial charge in [-0.25, -0.2) is 9.18 Å². The molecule has 1 aromatic heterocycles. The number of carbonyl (C=O) groups is 4. The number of hydrogen-bond acceptors (Lipinski definition) is 7. The van der Waals surface area contributed by atoms with Crippen molar-refractivity contribution in [1.82, 2.24) is 5.32 Å². The molecule has 5 aromatic rings. The topological polar surface area (TPSA) is 114 Å². The minimum absolute atomic E-state index is 0.0446. The minimum Gasteiger partial charge on any atom is -0.462 e. The molecule has 4 aromatic carbocycles. The zero-order valence-corrected chi connectivity index (χ0v) is 30.7. The van der Waals surface area contributed by atoms with Crippen LogP contribution in [0.25, 0.3) is 6.08 Å². The summed E-state index contributed by atoms with van der Waals surface area (Å²) in [6.45, 7) is 2.00. The summed E-state index contributed by atoms with van der Waals surface area (Å²) in [7, 11) is 0. The maximum atomic E-state index is 14.2. The number of nitrogens with one attached hydrogen (secondary N) is 3. The van der Waals surface area contributed by atoms with Crippen LogP contribution in [-0.2, 0) is 27.2 Å². The lowest BCUT2D eigenvalue weighted by molar-refractivity contribution is -0.116. The molecule has 0 spiro atoms. The Morgan fingerprint density at radius 1 is 0.849 bits per heavy atom. The van der Waals surface area contributed by atoms with Gasteiger partial charge in [-0.3, -0.25) is 14.4 Å². The summed E-state index contributed by atoms with van der Waals surface area (Å²) in [6.07, 6.45) is 6.18. The lowest BCUT2D eigenvalue weighted by atomic mass is 10.1. The highest BCUT2D eigenvalue weighted by Gasteiger charge is 2.29. The zero-order chi connectivity index (χ0) is 37.2. The van der Waals surface area contributed by atoms with E-state index >= 15 is 0 Å². The van der Waals surface area contributed by atoms with Gasteiger partial charge in [0.2, 0.25) is 5.91 Å². The molecule has 0 saturated heterocycles. The number of halogens is 1. The van der Waals surface area contributed by atoms with Gasteiger partial charge in [0.25, 0.3) is 11.8 Å². The molecule has 1 unspecified atom stereocenters. The maximum Gasteiger partial charge on any atom is 0.341 e. The summed E-state index contributed by atoms with van der Waals surface area (Å²) in [5, 5.41) is 8.42. The predicted molar refractivity (Wildman–Crippen MR) is 209 cm³/mol. The van der Waals surface area contributed by atoms with E-state index in [1.54, 1.807) is 55.5 Å². The van der Waals surface area contributed by atoms with Crippen molar-refractivity contribution in [2.24, 2.45) is 0 Å². The van der Waals surface area contributed by atoms with Gasteiger partial charge in [-0.15, -0.1) is 23.1 Å². The SMILES string of the molecule is CCOC(=O)c1c(NC(=O)C(Sc2cccc(NC(=O)/C(=C\c3ccc(F)cc3)NC(=O)c3ccccc3)c2)c2ccccc2)sc2c1CCCCC2. The number of esters is 1. The molecule has 0 saturated carbocycles. The Morgan fingerprint density at radius 2 is 1.57 bits per heavy atom. The van der Waals surface area contributed by atoms with Crippen LogP contribution in [0, 0.1) is 5.82 Å². The van der Waals surface area contributed by atoms with Crippen LogP contribution in [0.2, 0.25) is 0 Å². The maximum absolute atomic E-state index is 14.2. The number of anilines is 2. The van der Waals surface area contributed by atoms with E-state index in [4.69, 9.17) is 4.74 Å². The van der Waals surface area contributed by atoms with Crippen molar-refractivity contribution in [1.29, 1.82) is 0 Å². The highest BCUT2D eigenvalue weighted by molar-refractivity contribution is 8.00. The molecule has 8 nitrogen and oxygen atoms in total. The third-order valence-electron chi connectivity index (χ3n) is 8.53. The molecule has 0 radical (unpaired) electrons. The van der Waals surface area contributed by atoms with E-state index in [9.17, 15) is 23.6 Å². The highest BCUT2D eigenvalue weighted by atomic mass is 32.2. The summed E-state index contributed by atoms with van der Waals surface area (Å²) in [4.78, 5) is 55.9. The van der Waals surface area contributed by atoms with Crippen molar-refractivity contribution in [2.45, 2.75) is 49.2 Å². The fourth-order valence-corrected chi connectivity index (χ4v) is 8.34. The van der Waals surface area contributed by atoms with Crippen molar-refractivity contribution in [3.05, 3.63) is 153 Å². The fourth-order valence-electron chi connectivity index (χ4n) is 5.98. The van der Waals surface area contributed by atoms with Crippen LogP contribution in [0.4, 0.5) is 15.1 Å². The number of fused-ring (bicyclic) bond motifs is 1. The number of amides is 3. The molecule has 0 aliphatic heterocycles. The van der Waals surface area contributed by atoms with Crippen molar-refractivity contribution in [3.63, 3.8) is 0 Å². The fraction of sp³-hybridized carbons (Fsp3) is 0.190. The summed E-state index contributed by atoms with van der Waals surface area (Å²) in [5.74, 6) is -2.24. The number of thiophene rings is 1. The number of benzene rings is 4. The Balaban J connectivity index is 1.25. The van der Waals surface area contributed by atoms with Crippen molar-refractivity contribution in [3.8, 4) is 0 Å². The van der Waals surface area contributed by atoms with Gasteiger partial charge in [0.05, 0.1) is 12.2 Å². The Hall–Kier alpha value is -5.52. The molecule has 1 aliphatic rings.